The van der Waals surface area contributed by atoms with Gasteiger partial charge in [0.05, 0.1) is 0 Å². The summed E-state index contributed by atoms with van der Waals surface area (Å²) in [4.78, 5) is 0. The Morgan fingerprint density at radius 1 is 1.44 bits per heavy atom. The number of nitrogens with two attached hydrogens (primary N) is 1. The van der Waals surface area contributed by atoms with Crippen LogP contribution in [-0.2, 0) is 0 Å². The van der Waals surface area contributed by atoms with Gasteiger partial charge in [0.15, 0.2) is 0 Å². The minimum atomic E-state index is -0.169. The van der Waals surface area contributed by atoms with E-state index in [0.717, 1.165) is 18.5 Å². The first-order valence-corrected chi connectivity index (χ1v) is 5.76. The van der Waals surface area contributed by atoms with Crippen molar-refractivity contribution in [1.82, 2.24) is 5.32 Å². The quantitative estimate of drug-likeness (QED) is 0.806. The van der Waals surface area contributed by atoms with Crippen LogP contribution in [0.5, 0.6) is 0 Å². The molecule has 0 bridgehead atoms. The summed E-state index contributed by atoms with van der Waals surface area (Å²) in [6, 6.07) is 5.09. The van der Waals surface area contributed by atoms with E-state index in [1.165, 1.54) is 6.07 Å². The normalized spacial score (nSPS) is 14.8. The van der Waals surface area contributed by atoms with Crippen LogP contribution in [-0.4, -0.2) is 13.6 Å². The molecule has 0 fully saturated rings. The molecule has 1 aromatic carbocycles. The lowest BCUT2D eigenvalue weighted by Gasteiger charge is -2.23. The molecule has 0 spiro atoms. The van der Waals surface area contributed by atoms with Crippen LogP contribution in [0, 0.1) is 18.7 Å². The standard InChI is InChI=1S/C13H21FN2/c1-4-10(8-16-3)13(15)11-5-6-12(14)9(2)7-11/h5-7,10,13,16H,4,8,15H2,1-3H3. The molecule has 2 atom stereocenters. The highest BCUT2D eigenvalue weighted by molar-refractivity contribution is 5.26. The van der Waals surface area contributed by atoms with E-state index < -0.39 is 0 Å². The fraction of sp³-hybridized carbons (Fsp3) is 0.538. The highest BCUT2D eigenvalue weighted by Crippen LogP contribution is 2.23. The zero-order valence-electron chi connectivity index (χ0n) is 10.3. The minimum Gasteiger partial charge on any atom is -0.324 e. The first-order chi connectivity index (χ1) is 7.60. The number of hydrogen-bond donors (Lipinski definition) is 2. The molecule has 3 N–H and O–H groups in total. The molecular formula is C13H21FN2. The predicted octanol–water partition coefficient (Wildman–Crippen LogP) is 2.38. The van der Waals surface area contributed by atoms with Gasteiger partial charge in [-0.05, 0) is 43.6 Å². The Bertz CT molecular complexity index is 339. The fourth-order valence-electron chi connectivity index (χ4n) is 1.93. The summed E-state index contributed by atoms with van der Waals surface area (Å²) in [5.41, 5.74) is 7.87. The Kier molecular flexibility index (Phi) is 4.90. The average Bonchev–Trinajstić information content (AvgIpc) is 2.28. The van der Waals surface area contributed by atoms with Gasteiger partial charge in [-0.25, -0.2) is 4.39 Å². The summed E-state index contributed by atoms with van der Waals surface area (Å²) in [5.74, 6) is 0.215. The van der Waals surface area contributed by atoms with Gasteiger partial charge in [0.25, 0.3) is 0 Å². The van der Waals surface area contributed by atoms with Crippen LogP contribution in [0.4, 0.5) is 4.39 Å². The maximum atomic E-state index is 13.1. The van der Waals surface area contributed by atoms with Crippen molar-refractivity contribution in [2.75, 3.05) is 13.6 Å². The van der Waals surface area contributed by atoms with Crippen LogP contribution in [0.1, 0.15) is 30.5 Å². The van der Waals surface area contributed by atoms with Gasteiger partial charge in [-0.2, -0.15) is 0 Å². The molecule has 1 rings (SSSR count). The largest absolute Gasteiger partial charge is 0.324 e. The summed E-state index contributed by atoms with van der Waals surface area (Å²) in [5, 5.41) is 3.14. The fourth-order valence-corrected chi connectivity index (χ4v) is 1.93. The molecule has 0 saturated heterocycles. The molecule has 2 nitrogen and oxygen atoms in total. The monoisotopic (exact) mass is 224 g/mol. The molecule has 0 amide bonds. The van der Waals surface area contributed by atoms with Gasteiger partial charge in [-0.1, -0.05) is 25.5 Å². The van der Waals surface area contributed by atoms with Gasteiger partial charge in [-0.3, -0.25) is 0 Å². The van der Waals surface area contributed by atoms with Crippen molar-refractivity contribution in [3.63, 3.8) is 0 Å². The number of rotatable bonds is 5. The first kappa shape index (κ1) is 13.1. The van der Waals surface area contributed by atoms with E-state index in [2.05, 4.69) is 12.2 Å². The Hall–Kier alpha value is -0.930. The van der Waals surface area contributed by atoms with E-state index in [1.54, 1.807) is 13.0 Å². The average molecular weight is 224 g/mol. The van der Waals surface area contributed by atoms with Crippen LogP contribution < -0.4 is 11.1 Å². The smallest absolute Gasteiger partial charge is 0.126 e. The molecule has 0 aliphatic carbocycles. The Morgan fingerprint density at radius 3 is 2.62 bits per heavy atom. The topological polar surface area (TPSA) is 38.0 Å². The lowest BCUT2D eigenvalue weighted by molar-refractivity contribution is 0.402. The number of hydrogen-bond acceptors (Lipinski definition) is 2. The third kappa shape index (κ3) is 3.03. The van der Waals surface area contributed by atoms with E-state index in [4.69, 9.17) is 5.73 Å². The van der Waals surface area contributed by atoms with Crippen molar-refractivity contribution >= 4 is 0 Å². The van der Waals surface area contributed by atoms with E-state index in [-0.39, 0.29) is 11.9 Å². The molecule has 1 aromatic rings. The molecule has 0 aromatic heterocycles. The van der Waals surface area contributed by atoms with Gasteiger partial charge >= 0.3 is 0 Å². The van der Waals surface area contributed by atoms with Gasteiger partial charge < -0.3 is 11.1 Å². The lowest BCUT2D eigenvalue weighted by atomic mass is 9.91. The molecule has 0 radical (unpaired) electrons. The third-order valence-electron chi connectivity index (χ3n) is 3.07. The highest BCUT2D eigenvalue weighted by Gasteiger charge is 2.17. The number of nitrogens with one attached hydrogen (secondary N) is 1. The Labute approximate surface area is 97.0 Å². The van der Waals surface area contributed by atoms with Crippen LogP contribution in [0.2, 0.25) is 0 Å². The second-order valence-corrected chi connectivity index (χ2v) is 4.26. The summed E-state index contributed by atoms with van der Waals surface area (Å²) >= 11 is 0. The van der Waals surface area contributed by atoms with E-state index in [1.807, 2.05) is 13.1 Å². The van der Waals surface area contributed by atoms with Crippen LogP contribution >= 0.6 is 0 Å². The molecular weight excluding hydrogens is 203 g/mol. The summed E-state index contributed by atoms with van der Waals surface area (Å²) in [6.07, 6.45) is 1.01. The number of halogens is 1. The van der Waals surface area contributed by atoms with Gasteiger partial charge in [0.2, 0.25) is 0 Å². The highest BCUT2D eigenvalue weighted by atomic mass is 19.1. The summed E-state index contributed by atoms with van der Waals surface area (Å²) in [6.45, 7) is 4.77. The summed E-state index contributed by atoms with van der Waals surface area (Å²) < 4.78 is 13.1. The first-order valence-electron chi connectivity index (χ1n) is 5.76. The number of benzene rings is 1. The van der Waals surface area contributed by atoms with Crippen molar-refractivity contribution in [1.29, 1.82) is 0 Å². The molecule has 90 valence electrons. The lowest BCUT2D eigenvalue weighted by Crippen LogP contribution is -2.29. The SMILES string of the molecule is CCC(CNC)C(N)c1ccc(F)c(C)c1. The third-order valence-corrected chi connectivity index (χ3v) is 3.07. The summed E-state index contributed by atoms with van der Waals surface area (Å²) in [7, 11) is 1.92. The molecule has 0 heterocycles. The van der Waals surface area contributed by atoms with Crippen molar-refractivity contribution < 1.29 is 4.39 Å². The van der Waals surface area contributed by atoms with Crippen LogP contribution in [0.3, 0.4) is 0 Å². The van der Waals surface area contributed by atoms with Crippen molar-refractivity contribution in [3.05, 3.63) is 35.1 Å². The van der Waals surface area contributed by atoms with Crippen molar-refractivity contribution in [2.45, 2.75) is 26.3 Å². The van der Waals surface area contributed by atoms with Gasteiger partial charge in [0.1, 0.15) is 5.82 Å². The Balaban J connectivity index is 2.85. The van der Waals surface area contributed by atoms with E-state index in [9.17, 15) is 4.39 Å². The van der Waals surface area contributed by atoms with Crippen molar-refractivity contribution in [3.8, 4) is 0 Å². The predicted molar refractivity (Wildman–Crippen MR) is 65.8 cm³/mol. The van der Waals surface area contributed by atoms with E-state index in [0.29, 0.717) is 11.5 Å². The second-order valence-electron chi connectivity index (χ2n) is 4.26. The molecule has 2 unspecified atom stereocenters. The van der Waals surface area contributed by atoms with Crippen LogP contribution in [0.25, 0.3) is 0 Å². The Morgan fingerprint density at radius 2 is 2.12 bits per heavy atom. The molecule has 3 heteroatoms. The molecule has 0 aliphatic rings. The van der Waals surface area contributed by atoms with Gasteiger partial charge in [-0.15, -0.1) is 0 Å². The second kappa shape index (κ2) is 5.97. The number of aryl methyl sites for hydroxylation is 1. The molecule has 0 saturated carbocycles. The molecule has 16 heavy (non-hydrogen) atoms. The van der Waals surface area contributed by atoms with E-state index >= 15 is 0 Å². The minimum absolute atomic E-state index is 0.0308. The van der Waals surface area contributed by atoms with Crippen molar-refractivity contribution in [2.24, 2.45) is 11.7 Å². The maximum absolute atomic E-state index is 13.1. The zero-order valence-corrected chi connectivity index (χ0v) is 10.3. The van der Waals surface area contributed by atoms with Gasteiger partial charge in [0, 0.05) is 6.04 Å². The zero-order chi connectivity index (χ0) is 12.1. The molecule has 0 aliphatic heterocycles. The van der Waals surface area contributed by atoms with Crippen LogP contribution in [0.15, 0.2) is 18.2 Å². The maximum Gasteiger partial charge on any atom is 0.126 e.